The van der Waals surface area contributed by atoms with Crippen molar-refractivity contribution in [3.05, 3.63) is 59.8 Å². The monoisotopic (exact) mass is 265 g/mol. The van der Waals surface area contributed by atoms with Gasteiger partial charge in [-0.05, 0) is 18.6 Å². The molecule has 0 bridgehead atoms. The number of carbonyl (C=O) groups is 1. The molecule has 3 rings (SSSR count). The maximum Gasteiger partial charge on any atom is 0.353 e. The molecule has 0 saturated carbocycles. The molecule has 20 heavy (non-hydrogen) atoms. The van der Waals surface area contributed by atoms with Crippen LogP contribution in [0.2, 0.25) is 0 Å². The molecule has 0 radical (unpaired) electrons. The summed E-state index contributed by atoms with van der Waals surface area (Å²) in [6, 6.07) is 15.7. The minimum Gasteiger partial charge on any atom is -0.477 e. The number of carboxylic acid groups (broad SMARTS) is 1. The smallest absolute Gasteiger partial charge is 0.353 e. The van der Waals surface area contributed by atoms with E-state index in [0.29, 0.717) is 5.69 Å². The van der Waals surface area contributed by atoms with Crippen LogP contribution in [0, 0.1) is 6.92 Å². The summed E-state index contributed by atoms with van der Waals surface area (Å²) in [6.07, 6.45) is 0. The molecule has 3 nitrogen and oxygen atoms in total. The molecule has 0 atom stereocenters. The van der Waals surface area contributed by atoms with Crippen LogP contribution >= 0.6 is 0 Å². The van der Waals surface area contributed by atoms with Crippen molar-refractivity contribution in [2.24, 2.45) is 7.05 Å². The quantitative estimate of drug-likeness (QED) is 0.764. The second-order valence-corrected chi connectivity index (χ2v) is 4.97. The number of aryl methyl sites for hydroxylation is 2. The minimum atomic E-state index is -0.903. The maximum absolute atomic E-state index is 11.6. The molecule has 0 unspecified atom stereocenters. The highest BCUT2D eigenvalue weighted by Gasteiger charge is 2.21. The fourth-order valence-corrected chi connectivity index (χ4v) is 2.66. The van der Waals surface area contributed by atoms with Gasteiger partial charge in [-0.15, -0.1) is 0 Å². The van der Waals surface area contributed by atoms with Gasteiger partial charge in [0, 0.05) is 23.5 Å². The molecule has 1 heterocycles. The van der Waals surface area contributed by atoms with Crippen molar-refractivity contribution in [3.8, 4) is 11.1 Å². The van der Waals surface area contributed by atoms with Gasteiger partial charge in [-0.2, -0.15) is 0 Å². The van der Waals surface area contributed by atoms with Crippen LogP contribution in [0.5, 0.6) is 0 Å². The first-order chi connectivity index (χ1) is 9.59. The van der Waals surface area contributed by atoms with Crippen molar-refractivity contribution in [2.45, 2.75) is 6.92 Å². The summed E-state index contributed by atoms with van der Waals surface area (Å²) in [7, 11) is 1.80. The van der Waals surface area contributed by atoms with E-state index in [0.717, 1.165) is 27.6 Å². The van der Waals surface area contributed by atoms with Crippen LogP contribution < -0.4 is 0 Å². The molecule has 3 heteroatoms. The lowest BCUT2D eigenvalue weighted by Crippen LogP contribution is -2.05. The van der Waals surface area contributed by atoms with Gasteiger partial charge in [0.25, 0.3) is 0 Å². The first-order valence-electron chi connectivity index (χ1n) is 6.47. The van der Waals surface area contributed by atoms with Gasteiger partial charge in [-0.25, -0.2) is 4.79 Å². The zero-order chi connectivity index (χ0) is 14.3. The third-order valence-corrected chi connectivity index (χ3v) is 3.65. The van der Waals surface area contributed by atoms with Crippen molar-refractivity contribution < 1.29 is 9.90 Å². The molecule has 0 fully saturated rings. The van der Waals surface area contributed by atoms with E-state index in [1.165, 1.54) is 0 Å². The van der Waals surface area contributed by atoms with Gasteiger partial charge in [-0.3, -0.25) is 0 Å². The molecule has 1 aromatic heterocycles. The molecule has 100 valence electrons. The number of hydrogen-bond acceptors (Lipinski definition) is 1. The molecule has 3 aromatic rings. The number of fused-ring (bicyclic) bond motifs is 1. The first kappa shape index (κ1) is 12.5. The number of aromatic carboxylic acids is 1. The van der Waals surface area contributed by atoms with Gasteiger partial charge in [0.05, 0.1) is 0 Å². The van der Waals surface area contributed by atoms with Crippen LogP contribution in [-0.2, 0) is 7.05 Å². The SMILES string of the molecule is Cc1ccc(-c2c(C(=O)O)n(C)c3ccccc23)cc1. The van der Waals surface area contributed by atoms with Crippen LogP contribution in [0.3, 0.4) is 0 Å². The van der Waals surface area contributed by atoms with Crippen molar-refractivity contribution >= 4 is 16.9 Å². The summed E-state index contributed by atoms with van der Waals surface area (Å²) in [5.74, 6) is -0.903. The largest absolute Gasteiger partial charge is 0.477 e. The van der Waals surface area contributed by atoms with E-state index in [-0.39, 0.29) is 0 Å². The zero-order valence-corrected chi connectivity index (χ0v) is 11.4. The topological polar surface area (TPSA) is 42.2 Å². The summed E-state index contributed by atoms with van der Waals surface area (Å²) in [5.41, 5.74) is 4.14. The molecule has 2 aromatic carbocycles. The molecular weight excluding hydrogens is 250 g/mol. The van der Waals surface area contributed by atoms with Crippen LogP contribution in [0.25, 0.3) is 22.0 Å². The molecule has 0 amide bonds. The fourth-order valence-electron chi connectivity index (χ4n) is 2.66. The van der Waals surface area contributed by atoms with Crippen molar-refractivity contribution in [3.63, 3.8) is 0 Å². The number of rotatable bonds is 2. The van der Waals surface area contributed by atoms with Crippen molar-refractivity contribution in [1.29, 1.82) is 0 Å². The standard InChI is InChI=1S/C17H15NO2/c1-11-7-9-12(10-8-11)15-13-5-3-4-6-14(13)18(2)16(15)17(19)20/h3-10H,1-2H3,(H,19,20). The normalized spacial score (nSPS) is 10.9. The average molecular weight is 265 g/mol. The highest BCUT2D eigenvalue weighted by Crippen LogP contribution is 2.34. The predicted molar refractivity (Wildman–Crippen MR) is 80.1 cm³/mol. The van der Waals surface area contributed by atoms with E-state index < -0.39 is 5.97 Å². The van der Waals surface area contributed by atoms with E-state index in [1.807, 2.05) is 55.5 Å². The molecule has 0 spiro atoms. The zero-order valence-electron chi connectivity index (χ0n) is 11.4. The van der Waals surface area contributed by atoms with E-state index >= 15 is 0 Å². The molecule has 1 N–H and O–H groups in total. The van der Waals surface area contributed by atoms with E-state index in [2.05, 4.69) is 0 Å². The van der Waals surface area contributed by atoms with E-state index in [9.17, 15) is 9.90 Å². The average Bonchev–Trinajstić information content (AvgIpc) is 2.74. The summed E-state index contributed by atoms with van der Waals surface area (Å²) in [4.78, 5) is 11.6. The first-order valence-corrected chi connectivity index (χ1v) is 6.47. The van der Waals surface area contributed by atoms with Gasteiger partial charge < -0.3 is 9.67 Å². The van der Waals surface area contributed by atoms with E-state index in [1.54, 1.807) is 11.6 Å². The van der Waals surface area contributed by atoms with Crippen LogP contribution in [0.15, 0.2) is 48.5 Å². The van der Waals surface area contributed by atoms with Gasteiger partial charge in [0.15, 0.2) is 0 Å². The number of para-hydroxylation sites is 1. The third-order valence-electron chi connectivity index (χ3n) is 3.65. The molecule has 0 aliphatic rings. The second kappa shape index (κ2) is 4.53. The van der Waals surface area contributed by atoms with Crippen molar-refractivity contribution in [2.75, 3.05) is 0 Å². The number of aromatic nitrogens is 1. The van der Waals surface area contributed by atoms with Crippen LogP contribution in [0.4, 0.5) is 0 Å². The minimum absolute atomic E-state index is 0.329. The Morgan fingerprint density at radius 2 is 1.70 bits per heavy atom. The fraction of sp³-hybridized carbons (Fsp3) is 0.118. The van der Waals surface area contributed by atoms with Gasteiger partial charge >= 0.3 is 5.97 Å². The third kappa shape index (κ3) is 1.79. The second-order valence-electron chi connectivity index (χ2n) is 4.97. The van der Waals surface area contributed by atoms with E-state index in [4.69, 9.17) is 0 Å². The number of benzene rings is 2. The Morgan fingerprint density at radius 3 is 2.35 bits per heavy atom. The number of carboxylic acids is 1. The Balaban J connectivity index is 2.41. The summed E-state index contributed by atoms with van der Waals surface area (Å²) < 4.78 is 1.74. The Kier molecular flexibility index (Phi) is 2.83. The van der Waals surface area contributed by atoms with Crippen LogP contribution in [0.1, 0.15) is 16.1 Å². The lowest BCUT2D eigenvalue weighted by atomic mass is 10.0. The van der Waals surface area contributed by atoms with Gasteiger partial charge in [0.1, 0.15) is 5.69 Å². The highest BCUT2D eigenvalue weighted by atomic mass is 16.4. The Labute approximate surface area is 117 Å². The van der Waals surface area contributed by atoms with Gasteiger partial charge in [-0.1, -0.05) is 48.0 Å². The van der Waals surface area contributed by atoms with Crippen molar-refractivity contribution in [1.82, 2.24) is 4.57 Å². The van der Waals surface area contributed by atoms with Crippen LogP contribution in [-0.4, -0.2) is 15.6 Å². The predicted octanol–water partition coefficient (Wildman–Crippen LogP) is 3.85. The molecular formula is C17H15NO2. The molecule has 0 saturated heterocycles. The molecule has 0 aliphatic carbocycles. The lowest BCUT2D eigenvalue weighted by molar-refractivity contribution is 0.0688. The Hall–Kier alpha value is -2.55. The molecule has 0 aliphatic heterocycles. The van der Waals surface area contributed by atoms with Gasteiger partial charge in [0.2, 0.25) is 0 Å². The Morgan fingerprint density at radius 1 is 1.05 bits per heavy atom. The summed E-state index contributed by atoms with van der Waals surface area (Å²) >= 11 is 0. The number of hydrogen-bond donors (Lipinski definition) is 1. The highest BCUT2D eigenvalue weighted by molar-refractivity contribution is 6.08. The summed E-state index contributed by atoms with van der Waals surface area (Å²) in [6.45, 7) is 2.02. The Bertz CT molecular complexity index is 798. The maximum atomic E-state index is 11.6. The number of nitrogens with zero attached hydrogens (tertiary/aromatic N) is 1. The summed E-state index contributed by atoms with van der Waals surface area (Å²) in [5, 5.41) is 10.5. The lowest BCUT2D eigenvalue weighted by Gasteiger charge is -2.04.